The number of rotatable bonds is 6. The molecule has 0 fully saturated rings. The Hall–Kier alpha value is -0.0200. The van der Waals surface area contributed by atoms with Crippen molar-refractivity contribution in [2.24, 2.45) is 5.92 Å². The van der Waals surface area contributed by atoms with Gasteiger partial charge in [-0.2, -0.15) is 11.8 Å². The van der Waals surface area contributed by atoms with E-state index in [-0.39, 0.29) is 5.92 Å². The van der Waals surface area contributed by atoms with Gasteiger partial charge in [0.2, 0.25) is 0 Å². The number of hydrogen-bond donors (Lipinski definition) is 0. The molecule has 0 rings (SSSR count). The number of Topliss-reactive ketones (excluding diaryl/α,β-unsaturated/α-hetero) is 1. The predicted octanol–water partition coefficient (Wildman–Crippen LogP) is 1.59. The maximum absolute atomic E-state index is 11.0. The molecule has 3 heteroatoms. The number of hydrogen-bond acceptors (Lipinski definition) is 3. The summed E-state index contributed by atoms with van der Waals surface area (Å²) < 4.78 is 4.85. The molecule has 66 valence electrons. The van der Waals surface area contributed by atoms with Crippen LogP contribution >= 0.6 is 11.8 Å². The monoisotopic (exact) mass is 176 g/mol. The Balaban J connectivity index is 3.18. The highest BCUT2D eigenvalue weighted by Gasteiger charge is 2.05. The highest BCUT2D eigenvalue weighted by molar-refractivity contribution is 7.99. The van der Waals surface area contributed by atoms with Crippen LogP contribution in [0, 0.1) is 5.92 Å². The van der Waals surface area contributed by atoms with Crippen LogP contribution in [0.1, 0.15) is 13.8 Å². The molecular weight excluding hydrogens is 160 g/mol. The normalized spacial score (nSPS) is 10.5. The summed E-state index contributed by atoms with van der Waals surface area (Å²) in [6.45, 7) is 4.59. The van der Waals surface area contributed by atoms with E-state index in [9.17, 15) is 4.79 Å². The van der Waals surface area contributed by atoms with Crippen molar-refractivity contribution < 1.29 is 9.53 Å². The zero-order valence-corrected chi connectivity index (χ0v) is 8.24. The molecule has 0 radical (unpaired) electrons. The van der Waals surface area contributed by atoms with E-state index in [1.807, 2.05) is 13.8 Å². The van der Waals surface area contributed by atoms with E-state index in [1.54, 1.807) is 18.9 Å². The largest absolute Gasteiger partial charge is 0.384 e. The van der Waals surface area contributed by atoms with Gasteiger partial charge in [-0.25, -0.2) is 0 Å². The fourth-order valence-electron chi connectivity index (χ4n) is 0.482. The van der Waals surface area contributed by atoms with E-state index in [1.165, 1.54) is 0 Å². The van der Waals surface area contributed by atoms with Crippen molar-refractivity contribution in [3.63, 3.8) is 0 Å². The van der Waals surface area contributed by atoms with Gasteiger partial charge in [0, 0.05) is 18.8 Å². The van der Waals surface area contributed by atoms with Crippen molar-refractivity contribution in [1.29, 1.82) is 0 Å². The summed E-state index contributed by atoms with van der Waals surface area (Å²) in [4.78, 5) is 11.0. The average Bonchev–Trinajstić information content (AvgIpc) is 1.97. The minimum absolute atomic E-state index is 0.171. The fraction of sp³-hybridized carbons (Fsp3) is 0.875. The molecule has 0 unspecified atom stereocenters. The Kier molecular flexibility index (Phi) is 6.66. The molecule has 0 aromatic heterocycles. The molecule has 0 heterocycles. The Morgan fingerprint density at radius 1 is 1.55 bits per heavy atom. The van der Waals surface area contributed by atoms with Gasteiger partial charge in [-0.15, -0.1) is 0 Å². The van der Waals surface area contributed by atoms with Crippen LogP contribution in [-0.4, -0.2) is 31.0 Å². The molecule has 2 nitrogen and oxygen atoms in total. The van der Waals surface area contributed by atoms with Gasteiger partial charge >= 0.3 is 0 Å². The molecule has 0 bridgehead atoms. The standard InChI is InChI=1S/C8H16O2S/c1-7(2)8(9)6-11-5-4-10-3/h7H,4-6H2,1-3H3. The summed E-state index contributed by atoms with van der Waals surface area (Å²) in [7, 11) is 1.67. The van der Waals surface area contributed by atoms with Crippen molar-refractivity contribution >= 4 is 17.5 Å². The predicted molar refractivity (Wildman–Crippen MR) is 49.0 cm³/mol. The zero-order valence-electron chi connectivity index (χ0n) is 7.42. The van der Waals surface area contributed by atoms with Crippen LogP contribution in [0.5, 0.6) is 0 Å². The Morgan fingerprint density at radius 2 is 2.18 bits per heavy atom. The third kappa shape index (κ3) is 6.38. The number of ether oxygens (including phenoxy) is 1. The molecule has 0 amide bonds. The highest BCUT2D eigenvalue weighted by Crippen LogP contribution is 2.04. The molecule has 0 saturated heterocycles. The maximum Gasteiger partial charge on any atom is 0.145 e. The Bertz CT molecular complexity index is 113. The van der Waals surface area contributed by atoms with Crippen molar-refractivity contribution in [2.45, 2.75) is 13.8 Å². The molecule has 0 aliphatic rings. The average molecular weight is 176 g/mol. The molecule has 0 spiro atoms. The van der Waals surface area contributed by atoms with Gasteiger partial charge in [0.05, 0.1) is 12.4 Å². The van der Waals surface area contributed by atoms with Gasteiger partial charge in [0.15, 0.2) is 0 Å². The first-order chi connectivity index (χ1) is 5.18. The van der Waals surface area contributed by atoms with E-state index >= 15 is 0 Å². The molecule has 11 heavy (non-hydrogen) atoms. The molecule has 0 N–H and O–H groups in total. The van der Waals surface area contributed by atoms with E-state index in [0.717, 1.165) is 12.4 Å². The SMILES string of the molecule is COCCSCC(=O)C(C)C. The second-order valence-electron chi connectivity index (χ2n) is 2.67. The number of carbonyl (C=O) groups excluding carboxylic acids is 1. The van der Waals surface area contributed by atoms with Crippen LogP contribution in [0.15, 0.2) is 0 Å². The van der Waals surface area contributed by atoms with Gasteiger partial charge in [0.25, 0.3) is 0 Å². The molecule has 0 aromatic rings. The third-order valence-corrected chi connectivity index (χ3v) is 2.26. The summed E-state index contributed by atoms with van der Waals surface area (Å²) in [5.74, 6) is 2.03. The second-order valence-corrected chi connectivity index (χ2v) is 3.77. The van der Waals surface area contributed by atoms with Crippen molar-refractivity contribution in [2.75, 3.05) is 25.2 Å². The molecular formula is C8H16O2S. The lowest BCUT2D eigenvalue weighted by Crippen LogP contribution is -2.10. The third-order valence-electron chi connectivity index (χ3n) is 1.32. The van der Waals surface area contributed by atoms with E-state index in [4.69, 9.17) is 4.74 Å². The summed E-state index contributed by atoms with van der Waals surface area (Å²) >= 11 is 1.64. The van der Waals surface area contributed by atoms with Crippen LogP contribution in [0.3, 0.4) is 0 Å². The lowest BCUT2D eigenvalue weighted by Gasteiger charge is -2.02. The summed E-state index contributed by atoms with van der Waals surface area (Å²) in [5, 5.41) is 0. The van der Waals surface area contributed by atoms with Crippen molar-refractivity contribution in [3.05, 3.63) is 0 Å². The molecule has 0 aliphatic heterocycles. The minimum atomic E-state index is 0.171. The Morgan fingerprint density at radius 3 is 2.64 bits per heavy atom. The van der Waals surface area contributed by atoms with Crippen molar-refractivity contribution in [3.8, 4) is 0 Å². The van der Waals surface area contributed by atoms with Gasteiger partial charge in [-0.1, -0.05) is 13.8 Å². The number of carbonyl (C=O) groups is 1. The van der Waals surface area contributed by atoms with E-state index in [2.05, 4.69) is 0 Å². The van der Waals surface area contributed by atoms with E-state index in [0.29, 0.717) is 11.5 Å². The number of thioether (sulfide) groups is 1. The fourth-order valence-corrected chi connectivity index (χ4v) is 1.45. The van der Waals surface area contributed by atoms with Crippen LogP contribution in [-0.2, 0) is 9.53 Å². The van der Waals surface area contributed by atoms with Crippen LogP contribution < -0.4 is 0 Å². The summed E-state index contributed by atoms with van der Waals surface area (Å²) in [6, 6.07) is 0. The van der Waals surface area contributed by atoms with Gasteiger partial charge in [-0.3, -0.25) is 4.79 Å². The second kappa shape index (κ2) is 6.68. The zero-order chi connectivity index (χ0) is 8.69. The molecule has 0 saturated carbocycles. The number of ketones is 1. The summed E-state index contributed by atoms with van der Waals surface area (Å²) in [6.07, 6.45) is 0. The first-order valence-electron chi connectivity index (χ1n) is 3.78. The molecule has 0 atom stereocenters. The van der Waals surface area contributed by atoms with Crippen LogP contribution in [0.25, 0.3) is 0 Å². The first kappa shape index (κ1) is 11.0. The highest BCUT2D eigenvalue weighted by atomic mass is 32.2. The first-order valence-corrected chi connectivity index (χ1v) is 4.93. The lowest BCUT2D eigenvalue weighted by atomic mass is 10.1. The van der Waals surface area contributed by atoms with Crippen molar-refractivity contribution in [1.82, 2.24) is 0 Å². The van der Waals surface area contributed by atoms with Crippen LogP contribution in [0.4, 0.5) is 0 Å². The topological polar surface area (TPSA) is 26.3 Å². The molecule has 0 aliphatic carbocycles. The van der Waals surface area contributed by atoms with Crippen LogP contribution in [0.2, 0.25) is 0 Å². The lowest BCUT2D eigenvalue weighted by molar-refractivity contribution is -0.119. The quantitative estimate of drug-likeness (QED) is 0.575. The smallest absolute Gasteiger partial charge is 0.145 e. The number of methoxy groups -OCH3 is 1. The van der Waals surface area contributed by atoms with Gasteiger partial charge in [0.1, 0.15) is 5.78 Å². The van der Waals surface area contributed by atoms with Gasteiger partial charge in [-0.05, 0) is 0 Å². The van der Waals surface area contributed by atoms with E-state index < -0.39 is 0 Å². The Labute approximate surface area is 72.7 Å². The molecule has 0 aromatic carbocycles. The summed E-state index contributed by atoms with van der Waals surface area (Å²) in [5.41, 5.74) is 0. The van der Waals surface area contributed by atoms with Gasteiger partial charge < -0.3 is 4.74 Å². The minimum Gasteiger partial charge on any atom is -0.384 e. The maximum atomic E-state index is 11.0.